The highest BCUT2D eigenvalue weighted by molar-refractivity contribution is 5.80. The van der Waals surface area contributed by atoms with Gasteiger partial charge in [-0.1, -0.05) is 12.1 Å². The molecule has 0 spiro atoms. The Morgan fingerprint density at radius 1 is 1.25 bits per heavy atom. The quantitative estimate of drug-likeness (QED) is 0.571. The molecule has 156 valence electrons. The van der Waals surface area contributed by atoms with Gasteiger partial charge in [0.15, 0.2) is 17.5 Å². The van der Waals surface area contributed by atoms with Crippen molar-refractivity contribution in [2.24, 2.45) is 4.99 Å². The van der Waals surface area contributed by atoms with Crippen LogP contribution in [0.5, 0.6) is 11.5 Å². The molecule has 8 nitrogen and oxygen atoms in total. The van der Waals surface area contributed by atoms with Crippen molar-refractivity contribution in [3.05, 3.63) is 23.8 Å². The molecule has 28 heavy (non-hydrogen) atoms. The van der Waals surface area contributed by atoms with Crippen LogP contribution in [0.2, 0.25) is 0 Å². The van der Waals surface area contributed by atoms with Gasteiger partial charge in [-0.05, 0) is 33.8 Å². The van der Waals surface area contributed by atoms with Crippen molar-refractivity contribution in [2.75, 3.05) is 33.9 Å². The zero-order valence-corrected chi connectivity index (χ0v) is 17.7. The van der Waals surface area contributed by atoms with Crippen molar-refractivity contribution in [3.8, 4) is 11.5 Å². The molecule has 0 radical (unpaired) electrons. The first-order valence-electron chi connectivity index (χ1n) is 9.50. The fourth-order valence-electron chi connectivity index (χ4n) is 2.80. The van der Waals surface area contributed by atoms with Crippen LogP contribution in [0.25, 0.3) is 0 Å². The molecular weight excluding hydrogens is 360 g/mol. The van der Waals surface area contributed by atoms with Crippen molar-refractivity contribution < 1.29 is 19.0 Å². The lowest BCUT2D eigenvalue weighted by molar-refractivity contribution is 0.00700. The van der Waals surface area contributed by atoms with Crippen LogP contribution in [0.15, 0.2) is 23.2 Å². The number of carbonyl (C=O) groups excluding carboxylic acids is 1. The molecule has 0 aliphatic carbocycles. The lowest BCUT2D eigenvalue weighted by atomic mass is 10.1. The van der Waals surface area contributed by atoms with Crippen LogP contribution in [-0.4, -0.2) is 62.4 Å². The molecule has 1 amide bonds. The largest absolute Gasteiger partial charge is 0.493 e. The molecule has 0 bridgehead atoms. The maximum Gasteiger partial charge on any atom is 0.410 e. The van der Waals surface area contributed by atoms with Gasteiger partial charge in [-0.3, -0.25) is 0 Å². The maximum absolute atomic E-state index is 12.0. The summed E-state index contributed by atoms with van der Waals surface area (Å²) >= 11 is 0. The van der Waals surface area contributed by atoms with Gasteiger partial charge in [-0.2, -0.15) is 0 Å². The summed E-state index contributed by atoms with van der Waals surface area (Å²) in [6.45, 7) is 9.96. The molecule has 1 aliphatic heterocycles. The van der Waals surface area contributed by atoms with E-state index in [1.54, 1.807) is 19.1 Å². The summed E-state index contributed by atoms with van der Waals surface area (Å²) in [6.07, 6.45) is -0.284. The summed E-state index contributed by atoms with van der Waals surface area (Å²) < 4.78 is 16.2. The Kier molecular flexibility index (Phi) is 7.37. The van der Waals surface area contributed by atoms with Crippen LogP contribution in [-0.2, 0) is 11.3 Å². The van der Waals surface area contributed by atoms with Crippen LogP contribution < -0.4 is 20.1 Å². The van der Waals surface area contributed by atoms with Gasteiger partial charge in [0, 0.05) is 25.2 Å². The van der Waals surface area contributed by atoms with Gasteiger partial charge in [0.2, 0.25) is 0 Å². The Hall–Kier alpha value is -2.64. The SMILES string of the molecule is CCNC(=NCc1cccc(OC)c1OC)NC1CN(C(=O)OC(C)(C)C)C1. The second-order valence-corrected chi connectivity index (χ2v) is 7.57. The number of guanidine groups is 1. The monoisotopic (exact) mass is 392 g/mol. The first kappa shape index (κ1) is 21.7. The van der Waals surface area contributed by atoms with Crippen molar-refractivity contribution >= 4 is 12.1 Å². The van der Waals surface area contributed by atoms with E-state index in [2.05, 4.69) is 15.6 Å². The van der Waals surface area contributed by atoms with Crippen LogP contribution in [0.4, 0.5) is 4.79 Å². The first-order chi connectivity index (χ1) is 13.3. The zero-order valence-electron chi connectivity index (χ0n) is 17.7. The Morgan fingerprint density at radius 3 is 2.54 bits per heavy atom. The summed E-state index contributed by atoms with van der Waals surface area (Å²) in [5, 5.41) is 6.59. The van der Waals surface area contributed by atoms with Gasteiger partial charge < -0.3 is 29.7 Å². The molecule has 1 aromatic rings. The molecule has 1 aliphatic rings. The van der Waals surface area contributed by atoms with Crippen LogP contribution in [0.1, 0.15) is 33.3 Å². The highest BCUT2D eigenvalue weighted by Crippen LogP contribution is 2.31. The number of likely N-dealkylation sites (tertiary alicyclic amines) is 1. The van der Waals surface area contributed by atoms with Crippen molar-refractivity contribution in [1.29, 1.82) is 0 Å². The summed E-state index contributed by atoms with van der Waals surface area (Å²) in [5.41, 5.74) is 0.449. The van der Waals surface area contributed by atoms with E-state index in [4.69, 9.17) is 14.2 Å². The van der Waals surface area contributed by atoms with E-state index in [9.17, 15) is 4.79 Å². The molecule has 1 heterocycles. The van der Waals surface area contributed by atoms with E-state index in [0.29, 0.717) is 37.1 Å². The number of ether oxygens (including phenoxy) is 3. The molecule has 1 aromatic carbocycles. The fraction of sp³-hybridized carbons (Fsp3) is 0.600. The maximum atomic E-state index is 12.0. The minimum atomic E-state index is -0.484. The van der Waals surface area contributed by atoms with Crippen molar-refractivity contribution in [2.45, 2.75) is 45.9 Å². The number of amides is 1. The Balaban J connectivity index is 1.95. The lowest BCUT2D eigenvalue weighted by Crippen LogP contribution is -2.63. The summed E-state index contributed by atoms with van der Waals surface area (Å²) in [6, 6.07) is 5.87. The number of methoxy groups -OCH3 is 2. The molecule has 2 N–H and O–H groups in total. The third kappa shape index (κ3) is 5.94. The van der Waals surface area contributed by atoms with E-state index < -0.39 is 5.60 Å². The van der Waals surface area contributed by atoms with Gasteiger partial charge in [0.25, 0.3) is 0 Å². The van der Waals surface area contributed by atoms with E-state index >= 15 is 0 Å². The Morgan fingerprint density at radius 2 is 1.96 bits per heavy atom. The van der Waals surface area contributed by atoms with Gasteiger partial charge >= 0.3 is 6.09 Å². The number of nitrogens with one attached hydrogen (secondary N) is 2. The standard InChI is InChI=1S/C20H32N4O4/c1-7-21-18(22-11-14-9-8-10-16(26-5)17(14)27-6)23-15-12-24(13-15)19(25)28-20(2,3)4/h8-10,15H,7,11-13H2,1-6H3,(H2,21,22,23). The average Bonchev–Trinajstić information content (AvgIpc) is 2.59. The fourth-order valence-corrected chi connectivity index (χ4v) is 2.80. The molecule has 2 rings (SSSR count). The van der Waals surface area contributed by atoms with Gasteiger partial charge in [0.1, 0.15) is 5.60 Å². The Bertz CT molecular complexity index is 694. The van der Waals surface area contributed by atoms with Gasteiger partial charge in [0.05, 0.1) is 26.8 Å². The van der Waals surface area contributed by atoms with Gasteiger partial charge in [-0.15, -0.1) is 0 Å². The van der Waals surface area contributed by atoms with E-state index in [1.807, 2.05) is 45.9 Å². The van der Waals surface area contributed by atoms with Crippen LogP contribution in [0.3, 0.4) is 0 Å². The predicted molar refractivity (Wildman–Crippen MR) is 109 cm³/mol. The van der Waals surface area contributed by atoms with E-state index in [-0.39, 0.29) is 12.1 Å². The molecule has 1 fully saturated rings. The summed E-state index contributed by atoms with van der Waals surface area (Å²) in [5.74, 6) is 2.06. The average molecular weight is 393 g/mol. The molecule has 0 unspecified atom stereocenters. The summed E-state index contributed by atoms with van der Waals surface area (Å²) in [7, 11) is 3.23. The topological polar surface area (TPSA) is 84.4 Å². The molecule has 0 aromatic heterocycles. The molecule has 8 heteroatoms. The van der Waals surface area contributed by atoms with Crippen LogP contribution in [0, 0.1) is 0 Å². The lowest BCUT2D eigenvalue weighted by Gasteiger charge is -2.40. The van der Waals surface area contributed by atoms with Crippen molar-refractivity contribution in [3.63, 3.8) is 0 Å². The highest BCUT2D eigenvalue weighted by atomic mass is 16.6. The number of nitrogens with zero attached hydrogens (tertiary/aromatic N) is 2. The zero-order chi connectivity index (χ0) is 20.7. The molecule has 1 saturated heterocycles. The number of rotatable bonds is 6. The van der Waals surface area contributed by atoms with Crippen LogP contribution >= 0.6 is 0 Å². The third-order valence-electron chi connectivity index (χ3n) is 4.11. The number of hydrogen-bond acceptors (Lipinski definition) is 5. The number of para-hydroxylation sites is 1. The third-order valence-corrected chi connectivity index (χ3v) is 4.11. The smallest absolute Gasteiger partial charge is 0.410 e. The predicted octanol–water partition coefficient (Wildman–Crippen LogP) is 2.38. The van der Waals surface area contributed by atoms with Gasteiger partial charge in [-0.25, -0.2) is 9.79 Å². The number of carbonyl (C=O) groups is 1. The van der Waals surface area contributed by atoms with E-state index in [1.165, 1.54) is 0 Å². The molecular formula is C20H32N4O4. The second-order valence-electron chi connectivity index (χ2n) is 7.57. The van der Waals surface area contributed by atoms with E-state index in [0.717, 1.165) is 12.1 Å². The normalized spacial score (nSPS) is 14.9. The molecule has 0 atom stereocenters. The number of benzene rings is 1. The highest BCUT2D eigenvalue weighted by Gasteiger charge is 2.34. The number of hydrogen-bond donors (Lipinski definition) is 2. The second kappa shape index (κ2) is 9.52. The number of aliphatic imine (C=N–C) groups is 1. The summed E-state index contributed by atoms with van der Waals surface area (Å²) in [4.78, 5) is 18.4. The van der Waals surface area contributed by atoms with Crippen molar-refractivity contribution in [1.82, 2.24) is 15.5 Å². The minimum Gasteiger partial charge on any atom is -0.493 e. The molecule has 0 saturated carbocycles. The minimum absolute atomic E-state index is 0.137. The Labute approximate surface area is 167 Å². The first-order valence-corrected chi connectivity index (χ1v) is 9.50.